The first kappa shape index (κ1) is 19.9. The average molecular weight is 347 g/mol. The third-order valence-corrected chi connectivity index (χ3v) is 6.41. The molecule has 25 heavy (non-hydrogen) atoms. The first-order valence-corrected chi connectivity index (χ1v) is 9.58. The summed E-state index contributed by atoms with van der Waals surface area (Å²) in [5, 5.41) is 5.31. The van der Waals surface area contributed by atoms with Crippen LogP contribution in [0.25, 0.3) is 0 Å². The molecular weight excluding hydrogens is 312 g/mol. The lowest BCUT2D eigenvalue weighted by Crippen LogP contribution is -2.69. The Hall–Kier alpha value is -1.39. The van der Waals surface area contributed by atoms with Crippen molar-refractivity contribution in [2.75, 3.05) is 6.61 Å². The lowest BCUT2D eigenvalue weighted by molar-refractivity contribution is -0.306. The van der Waals surface area contributed by atoms with Crippen molar-refractivity contribution in [1.82, 2.24) is 10.4 Å². The highest BCUT2D eigenvalue weighted by molar-refractivity contribution is 5.47. The van der Waals surface area contributed by atoms with E-state index in [1.807, 2.05) is 6.07 Å². The fraction of sp³-hybridized carbons (Fsp3) is 0.667. The number of hydrogen-bond donors (Lipinski definition) is 1. The predicted octanol–water partition coefficient (Wildman–Crippen LogP) is 3.95. The van der Waals surface area contributed by atoms with Crippen molar-refractivity contribution in [2.24, 2.45) is 5.92 Å². The van der Waals surface area contributed by atoms with E-state index in [2.05, 4.69) is 69.3 Å². The Kier molecular flexibility index (Phi) is 6.64. The summed E-state index contributed by atoms with van der Waals surface area (Å²) >= 11 is 0. The van der Waals surface area contributed by atoms with Crippen LogP contribution in [0.15, 0.2) is 30.3 Å². The van der Waals surface area contributed by atoms with Crippen LogP contribution in [0.3, 0.4) is 0 Å². The summed E-state index contributed by atoms with van der Waals surface area (Å²) in [4.78, 5) is 17.5. The summed E-state index contributed by atoms with van der Waals surface area (Å²) in [6.07, 6.45) is 4.62. The minimum atomic E-state index is -0.111. The van der Waals surface area contributed by atoms with Gasteiger partial charge in [0.1, 0.15) is 0 Å². The van der Waals surface area contributed by atoms with E-state index in [0.29, 0.717) is 12.5 Å². The second kappa shape index (κ2) is 8.33. The first-order valence-electron chi connectivity index (χ1n) is 9.58. The van der Waals surface area contributed by atoms with E-state index in [-0.39, 0.29) is 17.1 Å². The minimum absolute atomic E-state index is 0.0887. The van der Waals surface area contributed by atoms with Gasteiger partial charge in [-0.15, -0.1) is 0 Å². The SMILES string of the molecule is CCC1(C)CC(NC=O)C(C)C(C)(CC)N1OCCc1ccccc1. The Balaban J connectivity index is 2.17. The molecule has 4 unspecified atom stereocenters. The molecule has 4 atom stereocenters. The Morgan fingerprint density at radius 3 is 2.48 bits per heavy atom. The number of benzene rings is 1. The van der Waals surface area contributed by atoms with E-state index < -0.39 is 0 Å². The van der Waals surface area contributed by atoms with Gasteiger partial charge in [0.15, 0.2) is 0 Å². The second-order valence-corrected chi connectivity index (χ2v) is 7.81. The highest BCUT2D eigenvalue weighted by atomic mass is 16.7. The number of carbonyl (C=O) groups is 1. The standard InChI is InChI=1S/C21H34N2O2/c1-6-20(4)15-19(22-16-24)17(3)21(5,7-2)23(20)25-14-13-18-11-9-8-10-12-18/h8-12,16-17,19H,6-7,13-15H2,1-5H3,(H,22,24). The number of piperidine rings is 1. The fourth-order valence-electron chi connectivity index (χ4n) is 4.22. The third kappa shape index (κ3) is 4.06. The molecule has 0 aromatic heterocycles. The number of amides is 1. The fourth-order valence-corrected chi connectivity index (χ4v) is 4.22. The Morgan fingerprint density at radius 1 is 1.24 bits per heavy atom. The van der Waals surface area contributed by atoms with Crippen molar-refractivity contribution in [2.45, 2.75) is 77.4 Å². The molecule has 1 heterocycles. The van der Waals surface area contributed by atoms with Crippen LogP contribution in [-0.4, -0.2) is 35.2 Å². The van der Waals surface area contributed by atoms with Gasteiger partial charge in [-0.05, 0) is 51.0 Å². The minimum Gasteiger partial charge on any atom is -0.356 e. The van der Waals surface area contributed by atoms with Gasteiger partial charge in [-0.25, -0.2) is 0 Å². The van der Waals surface area contributed by atoms with Crippen LogP contribution in [0.2, 0.25) is 0 Å². The highest BCUT2D eigenvalue weighted by Gasteiger charge is 2.53. The van der Waals surface area contributed by atoms with Gasteiger partial charge in [0, 0.05) is 17.1 Å². The maximum Gasteiger partial charge on any atom is 0.207 e. The summed E-state index contributed by atoms with van der Waals surface area (Å²) < 4.78 is 0. The van der Waals surface area contributed by atoms with Gasteiger partial charge < -0.3 is 5.32 Å². The molecule has 1 aromatic rings. The lowest BCUT2D eigenvalue weighted by atomic mass is 9.68. The van der Waals surface area contributed by atoms with Crippen molar-refractivity contribution in [3.8, 4) is 0 Å². The zero-order chi connectivity index (χ0) is 18.5. The van der Waals surface area contributed by atoms with Gasteiger partial charge in [0.2, 0.25) is 6.41 Å². The van der Waals surface area contributed by atoms with Crippen LogP contribution >= 0.6 is 0 Å². The number of nitrogens with one attached hydrogen (secondary N) is 1. The average Bonchev–Trinajstić information content (AvgIpc) is 2.63. The van der Waals surface area contributed by atoms with Crippen LogP contribution in [0.4, 0.5) is 0 Å². The summed E-state index contributed by atoms with van der Waals surface area (Å²) in [5.41, 5.74) is 1.10. The van der Waals surface area contributed by atoms with E-state index in [1.54, 1.807) is 0 Å². The van der Waals surface area contributed by atoms with E-state index >= 15 is 0 Å². The van der Waals surface area contributed by atoms with Crippen molar-refractivity contribution < 1.29 is 9.63 Å². The van der Waals surface area contributed by atoms with Crippen LogP contribution in [0.1, 0.15) is 59.4 Å². The van der Waals surface area contributed by atoms with Crippen molar-refractivity contribution in [3.63, 3.8) is 0 Å². The number of hydrogen-bond acceptors (Lipinski definition) is 3. The molecule has 1 N–H and O–H groups in total. The molecule has 1 aromatic carbocycles. The zero-order valence-corrected chi connectivity index (χ0v) is 16.4. The molecule has 0 aliphatic carbocycles. The molecule has 0 saturated carbocycles. The molecule has 140 valence electrons. The lowest BCUT2D eigenvalue weighted by Gasteiger charge is -2.59. The Bertz CT molecular complexity index is 550. The van der Waals surface area contributed by atoms with Crippen LogP contribution in [0, 0.1) is 5.92 Å². The molecule has 0 bridgehead atoms. The summed E-state index contributed by atoms with van der Waals surface area (Å²) in [5.74, 6) is 0.319. The summed E-state index contributed by atoms with van der Waals surface area (Å²) in [7, 11) is 0. The normalized spacial score (nSPS) is 33.2. The molecule has 1 saturated heterocycles. The van der Waals surface area contributed by atoms with E-state index in [9.17, 15) is 4.79 Å². The molecule has 2 rings (SSSR count). The summed E-state index contributed by atoms with van der Waals surface area (Å²) in [6.45, 7) is 11.9. The third-order valence-electron chi connectivity index (χ3n) is 6.41. The Labute approximate surface area is 152 Å². The smallest absolute Gasteiger partial charge is 0.207 e. The number of hydroxylamine groups is 2. The monoisotopic (exact) mass is 346 g/mol. The van der Waals surface area contributed by atoms with Gasteiger partial charge in [-0.2, -0.15) is 5.06 Å². The number of carbonyl (C=O) groups excluding carboxylic acids is 1. The van der Waals surface area contributed by atoms with Crippen LogP contribution in [0.5, 0.6) is 0 Å². The van der Waals surface area contributed by atoms with Gasteiger partial charge in [-0.1, -0.05) is 51.1 Å². The molecule has 1 aliphatic rings. The van der Waals surface area contributed by atoms with Gasteiger partial charge in [0.25, 0.3) is 0 Å². The largest absolute Gasteiger partial charge is 0.356 e. The second-order valence-electron chi connectivity index (χ2n) is 7.81. The first-order chi connectivity index (χ1) is 11.9. The van der Waals surface area contributed by atoms with Crippen LogP contribution < -0.4 is 5.32 Å². The summed E-state index contributed by atoms with van der Waals surface area (Å²) in [6, 6.07) is 10.6. The molecule has 1 amide bonds. The molecule has 1 aliphatic heterocycles. The quantitative estimate of drug-likeness (QED) is 0.725. The van der Waals surface area contributed by atoms with E-state index in [0.717, 1.165) is 32.1 Å². The predicted molar refractivity (Wildman–Crippen MR) is 102 cm³/mol. The Morgan fingerprint density at radius 2 is 1.92 bits per heavy atom. The molecule has 0 radical (unpaired) electrons. The van der Waals surface area contributed by atoms with Crippen molar-refractivity contribution in [1.29, 1.82) is 0 Å². The number of nitrogens with zero attached hydrogens (tertiary/aromatic N) is 1. The van der Waals surface area contributed by atoms with E-state index in [4.69, 9.17) is 4.84 Å². The van der Waals surface area contributed by atoms with Gasteiger partial charge >= 0.3 is 0 Å². The molecule has 0 spiro atoms. The van der Waals surface area contributed by atoms with E-state index in [1.165, 1.54) is 5.56 Å². The number of rotatable bonds is 8. The topological polar surface area (TPSA) is 41.6 Å². The zero-order valence-electron chi connectivity index (χ0n) is 16.4. The van der Waals surface area contributed by atoms with Crippen molar-refractivity contribution in [3.05, 3.63) is 35.9 Å². The maximum absolute atomic E-state index is 11.1. The maximum atomic E-state index is 11.1. The van der Waals surface area contributed by atoms with Gasteiger partial charge in [-0.3, -0.25) is 9.63 Å². The van der Waals surface area contributed by atoms with Crippen molar-refractivity contribution >= 4 is 6.41 Å². The molecule has 1 fully saturated rings. The molecule has 4 heteroatoms. The molecule has 4 nitrogen and oxygen atoms in total. The highest BCUT2D eigenvalue weighted by Crippen LogP contribution is 2.45. The molecular formula is C21H34N2O2. The van der Waals surface area contributed by atoms with Crippen LogP contribution in [-0.2, 0) is 16.1 Å². The van der Waals surface area contributed by atoms with Gasteiger partial charge in [0.05, 0.1) is 6.61 Å².